The molecule has 2 aromatic heterocycles. The van der Waals surface area contributed by atoms with Crippen LogP contribution in [-0.4, -0.2) is 21.8 Å². The molecule has 2 atom stereocenters. The summed E-state index contributed by atoms with van der Waals surface area (Å²) >= 11 is 0. The van der Waals surface area contributed by atoms with Crippen LogP contribution in [0.2, 0.25) is 0 Å². The standard InChI is InChI=1S/C17H22N2O2/c1-12-8-13(10-17(2,3)9-12)21-16-14(11-20)19-7-5-4-6-15(19)18-16/h4-7,11-13H,8-10H2,1-3H3. The highest BCUT2D eigenvalue weighted by molar-refractivity contribution is 5.78. The summed E-state index contributed by atoms with van der Waals surface area (Å²) in [5.74, 6) is 1.10. The van der Waals surface area contributed by atoms with Crippen LogP contribution < -0.4 is 4.74 Å². The summed E-state index contributed by atoms with van der Waals surface area (Å²) in [6.45, 7) is 6.83. The third-order valence-electron chi connectivity index (χ3n) is 4.27. The molecule has 2 heterocycles. The van der Waals surface area contributed by atoms with Crippen molar-refractivity contribution in [3.8, 4) is 5.88 Å². The lowest BCUT2D eigenvalue weighted by Gasteiger charge is -2.38. The quantitative estimate of drug-likeness (QED) is 0.807. The van der Waals surface area contributed by atoms with Crippen LogP contribution in [0.5, 0.6) is 5.88 Å². The molecule has 0 aliphatic heterocycles. The normalized spacial score (nSPS) is 24.9. The first-order valence-corrected chi connectivity index (χ1v) is 7.57. The van der Waals surface area contributed by atoms with Gasteiger partial charge >= 0.3 is 0 Å². The second-order valence-corrected chi connectivity index (χ2v) is 7.00. The van der Waals surface area contributed by atoms with Gasteiger partial charge in [0.05, 0.1) is 0 Å². The molecule has 1 fully saturated rings. The monoisotopic (exact) mass is 286 g/mol. The Hall–Kier alpha value is -1.84. The summed E-state index contributed by atoms with van der Waals surface area (Å²) in [5, 5.41) is 0. The van der Waals surface area contributed by atoms with Crippen LogP contribution in [-0.2, 0) is 0 Å². The minimum atomic E-state index is 0.132. The lowest BCUT2D eigenvalue weighted by Crippen LogP contribution is -2.34. The number of imidazole rings is 1. The van der Waals surface area contributed by atoms with Crippen molar-refractivity contribution < 1.29 is 9.53 Å². The Morgan fingerprint density at radius 3 is 2.90 bits per heavy atom. The first kappa shape index (κ1) is 14.1. The fourth-order valence-electron chi connectivity index (χ4n) is 3.69. The first-order chi connectivity index (χ1) is 9.98. The zero-order valence-electron chi connectivity index (χ0n) is 12.9. The number of hydrogen-bond donors (Lipinski definition) is 0. The molecule has 0 radical (unpaired) electrons. The highest BCUT2D eigenvalue weighted by Gasteiger charge is 2.34. The van der Waals surface area contributed by atoms with Crippen molar-refractivity contribution in [2.75, 3.05) is 0 Å². The SMILES string of the molecule is CC1CC(Oc2nc3ccccn3c2C=O)CC(C)(C)C1. The summed E-state index contributed by atoms with van der Waals surface area (Å²) in [7, 11) is 0. The van der Waals surface area contributed by atoms with Crippen molar-refractivity contribution >= 4 is 11.9 Å². The number of aromatic nitrogens is 2. The molecule has 2 aromatic rings. The molecular weight excluding hydrogens is 264 g/mol. The van der Waals surface area contributed by atoms with E-state index >= 15 is 0 Å². The summed E-state index contributed by atoms with van der Waals surface area (Å²) < 4.78 is 7.88. The van der Waals surface area contributed by atoms with E-state index in [1.165, 1.54) is 6.42 Å². The Bertz CT molecular complexity index is 660. The Morgan fingerprint density at radius 1 is 1.38 bits per heavy atom. The number of rotatable bonds is 3. The molecule has 1 saturated carbocycles. The van der Waals surface area contributed by atoms with Gasteiger partial charge in [-0.05, 0) is 42.7 Å². The molecule has 0 aromatic carbocycles. The van der Waals surface area contributed by atoms with Crippen LogP contribution in [0.25, 0.3) is 5.65 Å². The topological polar surface area (TPSA) is 43.6 Å². The van der Waals surface area contributed by atoms with Crippen LogP contribution in [0, 0.1) is 11.3 Å². The van der Waals surface area contributed by atoms with Gasteiger partial charge < -0.3 is 4.74 Å². The van der Waals surface area contributed by atoms with Gasteiger partial charge in [0, 0.05) is 6.20 Å². The van der Waals surface area contributed by atoms with Crippen molar-refractivity contribution in [3.63, 3.8) is 0 Å². The molecule has 1 aliphatic rings. The second kappa shape index (κ2) is 5.17. The van der Waals surface area contributed by atoms with Crippen molar-refractivity contribution in [2.45, 2.75) is 46.1 Å². The van der Waals surface area contributed by atoms with Crippen molar-refractivity contribution in [1.29, 1.82) is 0 Å². The molecule has 0 N–H and O–H groups in total. The van der Waals surface area contributed by atoms with Gasteiger partial charge in [0.15, 0.2) is 6.29 Å². The van der Waals surface area contributed by atoms with E-state index in [-0.39, 0.29) is 11.5 Å². The minimum absolute atomic E-state index is 0.132. The van der Waals surface area contributed by atoms with Crippen molar-refractivity contribution in [1.82, 2.24) is 9.38 Å². The third kappa shape index (κ3) is 2.80. The lowest BCUT2D eigenvalue weighted by atomic mass is 9.71. The number of pyridine rings is 1. The van der Waals surface area contributed by atoms with E-state index < -0.39 is 0 Å². The molecule has 4 heteroatoms. The molecular formula is C17H22N2O2. The summed E-state index contributed by atoms with van der Waals surface area (Å²) in [5.41, 5.74) is 1.53. The predicted octanol–water partition coefficient (Wildman–Crippen LogP) is 3.74. The maximum atomic E-state index is 11.4. The number of fused-ring (bicyclic) bond motifs is 1. The largest absolute Gasteiger partial charge is 0.473 e. The lowest BCUT2D eigenvalue weighted by molar-refractivity contribution is 0.0530. The number of carbonyl (C=O) groups is 1. The number of aldehydes is 1. The van der Waals surface area contributed by atoms with Gasteiger partial charge in [-0.15, -0.1) is 0 Å². The highest BCUT2D eigenvalue weighted by atomic mass is 16.5. The summed E-state index contributed by atoms with van der Waals surface area (Å²) in [6.07, 6.45) is 6.05. The van der Waals surface area contributed by atoms with E-state index in [2.05, 4.69) is 25.8 Å². The first-order valence-electron chi connectivity index (χ1n) is 7.57. The Morgan fingerprint density at radius 2 is 2.19 bits per heavy atom. The average molecular weight is 286 g/mol. The maximum Gasteiger partial charge on any atom is 0.244 e. The third-order valence-corrected chi connectivity index (χ3v) is 4.27. The average Bonchev–Trinajstić information content (AvgIpc) is 2.73. The van der Waals surface area contributed by atoms with E-state index in [1.54, 1.807) is 4.40 Å². The van der Waals surface area contributed by atoms with Crippen LogP contribution in [0.3, 0.4) is 0 Å². The maximum absolute atomic E-state index is 11.4. The smallest absolute Gasteiger partial charge is 0.244 e. The molecule has 2 unspecified atom stereocenters. The van der Waals surface area contributed by atoms with Gasteiger partial charge in [-0.1, -0.05) is 26.8 Å². The van der Waals surface area contributed by atoms with Crippen LogP contribution in [0.1, 0.15) is 50.5 Å². The molecule has 0 saturated heterocycles. The van der Waals surface area contributed by atoms with Crippen LogP contribution in [0.15, 0.2) is 24.4 Å². The molecule has 4 nitrogen and oxygen atoms in total. The fraction of sp³-hybridized carbons (Fsp3) is 0.529. The highest BCUT2D eigenvalue weighted by Crippen LogP contribution is 2.40. The molecule has 0 bridgehead atoms. The van der Waals surface area contributed by atoms with Crippen LogP contribution in [0.4, 0.5) is 0 Å². The van der Waals surface area contributed by atoms with E-state index in [9.17, 15) is 4.79 Å². The number of ether oxygens (including phenoxy) is 1. The van der Waals surface area contributed by atoms with E-state index in [1.807, 2.05) is 24.4 Å². The van der Waals surface area contributed by atoms with E-state index in [0.29, 0.717) is 17.5 Å². The molecule has 21 heavy (non-hydrogen) atoms. The zero-order valence-corrected chi connectivity index (χ0v) is 12.9. The van der Waals surface area contributed by atoms with Crippen molar-refractivity contribution in [3.05, 3.63) is 30.1 Å². The van der Waals surface area contributed by atoms with E-state index in [4.69, 9.17) is 4.74 Å². The van der Waals surface area contributed by atoms with Gasteiger partial charge in [-0.3, -0.25) is 9.20 Å². The Kier molecular flexibility index (Phi) is 3.47. The molecule has 0 spiro atoms. The Labute approximate surface area is 125 Å². The van der Waals surface area contributed by atoms with Gasteiger partial charge in [0.2, 0.25) is 5.88 Å². The number of nitrogens with zero attached hydrogens (tertiary/aromatic N) is 2. The second-order valence-electron chi connectivity index (χ2n) is 7.00. The Balaban J connectivity index is 1.89. The zero-order chi connectivity index (χ0) is 15.0. The van der Waals surface area contributed by atoms with Gasteiger partial charge in [-0.2, -0.15) is 4.98 Å². The number of carbonyl (C=O) groups excluding carboxylic acids is 1. The van der Waals surface area contributed by atoms with E-state index in [0.717, 1.165) is 24.8 Å². The van der Waals surface area contributed by atoms with Crippen molar-refractivity contribution in [2.24, 2.45) is 11.3 Å². The van der Waals surface area contributed by atoms with Gasteiger partial charge in [0.25, 0.3) is 0 Å². The molecule has 1 aliphatic carbocycles. The van der Waals surface area contributed by atoms with Gasteiger partial charge in [-0.25, -0.2) is 0 Å². The van der Waals surface area contributed by atoms with Gasteiger partial charge in [0.1, 0.15) is 17.4 Å². The summed E-state index contributed by atoms with van der Waals surface area (Å²) in [4.78, 5) is 15.9. The van der Waals surface area contributed by atoms with Crippen LogP contribution >= 0.6 is 0 Å². The predicted molar refractivity (Wildman–Crippen MR) is 81.8 cm³/mol. The molecule has 0 amide bonds. The fourth-order valence-corrected chi connectivity index (χ4v) is 3.69. The number of hydrogen-bond acceptors (Lipinski definition) is 3. The molecule has 3 rings (SSSR count). The summed E-state index contributed by atoms with van der Waals surface area (Å²) in [6, 6.07) is 5.68. The molecule has 112 valence electrons. The minimum Gasteiger partial charge on any atom is -0.473 e.